The topological polar surface area (TPSA) is 66.5 Å². The lowest BCUT2D eigenvalue weighted by molar-refractivity contribution is -0.122. The Morgan fingerprint density at radius 2 is 1.71 bits per heavy atom. The first-order chi connectivity index (χ1) is 13.4. The van der Waals surface area contributed by atoms with Gasteiger partial charge in [-0.3, -0.25) is 19.3 Å². The Bertz CT molecular complexity index is 991. The number of carbonyl (C=O) groups is 3. The number of nitrogens with one attached hydrogen (secondary N) is 1. The van der Waals surface area contributed by atoms with E-state index in [1.165, 1.54) is 4.90 Å². The lowest BCUT2D eigenvalue weighted by atomic mass is 9.82. The molecule has 1 aliphatic carbocycles. The summed E-state index contributed by atoms with van der Waals surface area (Å²) in [6, 6.07) is 14.2. The van der Waals surface area contributed by atoms with E-state index in [2.05, 4.69) is 11.4 Å². The van der Waals surface area contributed by atoms with Gasteiger partial charge in [0, 0.05) is 11.3 Å². The van der Waals surface area contributed by atoms with Crippen LogP contribution in [0, 0.1) is 18.8 Å². The average molecular weight is 374 g/mol. The van der Waals surface area contributed by atoms with E-state index in [9.17, 15) is 14.4 Å². The molecule has 1 heterocycles. The highest BCUT2D eigenvalue weighted by Crippen LogP contribution is 2.39. The van der Waals surface area contributed by atoms with Gasteiger partial charge < -0.3 is 5.32 Å². The Kier molecular flexibility index (Phi) is 4.59. The number of rotatable bonds is 3. The normalized spacial score (nSPS) is 21.4. The summed E-state index contributed by atoms with van der Waals surface area (Å²) >= 11 is 0. The zero-order valence-corrected chi connectivity index (χ0v) is 15.9. The van der Waals surface area contributed by atoms with Gasteiger partial charge in [0.25, 0.3) is 5.91 Å². The van der Waals surface area contributed by atoms with Crippen molar-refractivity contribution in [2.75, 3.05) is 10.2 Å². The second-order valence-corrected chi connectivity index (χ2v) is 7.59. The summed E-state index contributed by atoms with van der Waals surface area (Å²) in [5, 5.41) is 2.86. The number of carbonyl (C=O) groups excluding carboxylic acids is 3. The van der Waals surface area contributed by atoms with Crippen molar-refractivity contribution in [1.29, 1.82) is 0 Å². The predicted molar refractivity (Wildman–Crippen MR) is 108 cm³/mol. The lowest BCUT2D eigenvalue weighted by Gasteiger charge is -2.18. The quantitative estimate of drug-likeness (QED) is 0.650. The zero-order chi connectivity index (χ0) is 19.8. The molecule has 2 aliphatic rings. The molecule has 0 bridgehead atoms. The van der Waals surface area contributed by atoms with Crippen molar-refractivity contribution < 1.29 is 14.4 Å². The number of hydrogen-bond donors (Lipinski definition) is 1. The molecule has 1 aliphatic heterocycles. The van der Waals surface area contributed by atoms with Gasteiger partial charge in [-0.15, -0.1) is 0 Å². The summed E-state index contributed by atoms with van der Waals surface area (Å²) in [6.07, 6.45) is 3.31. The molecule has 0 spiro atoms. The number of nitrogens with zero attached hydrogens (tertiary/aromatic N) is 1. The largest absolute Gasteiger partial charge is 0.322 e. The van der Waals surface area contributed by atoms with Crippen LogP contribution in [0.2, 0.25) is 0 Å². The van der Waals surface area contributed by atoms with Crippen molar-refractivity contribution in [3.63, 3.8) is 0 Å². The Balaban J connectivity index is 1.51. The van der Waals surface area contributed by atoms with E-state index in [1.54, 1.807) is 24.3 Å². The average Bonchev–Trinajstić information content (AvgIpc) is 2.92. The maximum Gasteiger partial charge on any atom is 0.255 e. The van der Waals surface area contributed by atoms with Crippen LogP contribution in [-0.4, -0.2) is 17.7 Å². The van der Waals surface area contributed by atoms with Crippen LogP contribution in [0.5, 0.6) is 0 Å². The minimum Gasteiger partial charge on any atom is -0.322 e. The molecule has 1 N–H and O–H groups in total. The van der Waals surface area contributed by atoms with E-state index in [4.69, 9.17) is 0 Å². The summed E-state index contributed by atoms with van der Waals surface area (Å²) in [4.78, 5) is 39.3. The van der Waals surface area contributed by atoms with Crippen molar-refractivity contribution in [1.82, 2.24) is 0 Å². The number of benzene rings is 2. The molecule has 0 aromatic heterocycles. The molecule has 2 aromatic rings. The van der Waals surface area contributed by atoms with Crippen molar-refractivity contribution in [2.24, 2.45) is 11.8 Å². The van der Waals surface area contributed by atoms with Crippen LogP contribution >= 0.6 is 0 Å². The van der Waals surface area contributed by atoms with Crippen LogP contribution in [0.4, 0.5) is 11.4 Å². The Morgan fingerprint density at radius 3 is 2.43 bits per heavy atom. The first-order valence-electron chi connectivity index (χ1n) is 9.45. The van der Waals surface area contributed by atoms with Crippen LogP contribution in [0.1, 0.15) is 35.7 Å². The van der Waals surface area contributed by atoms with E-state index in [-0.39, 0.29) is 29.6 Å². The van der Waals surface area contributed by atoms with Crippen molar-refractivity contribution in [3.05, 3.63) is 71.3 Å². The molecule has 28 heavy (non-hydrogen) atoms. The minimum atomic E-state index is -0.263. The molecule has 1 fully saturated rings. The van der Waals surface area contributed by atoms with Crippen LogP contribution in [0.25, 0.3) is 0 Å². The van der Waals surface area contributed by atoms with E-state index in [1.807, 2.05) is 38.1 Å². The molecule has 2 atom stereocenters. The third-order valence-electron chi connectivity index (χ3n) is 5.49. The molecule has 5 nitrogen and oxygen atoms in total. The van der Waals surface area contributed by atoms with Gasteiger partial charge >= 0.3 is 0 Å². The van der Waals surface area contributed by atoms with Gasteiger partial charge in [-0.2, -0.15) is 0 Å². The lowest BCUT2D eigenvalue weighted by Crippen LogP contribution is -2.30. The molecule has 0 radical (unpaired) electrons. The summed E-state index contributed by atoms with van der Waals surface area (Å²) in [7, 11) is 0. The van der Waals surface area contributed by atoms with Crippen LogP contribution < -0.4 is 10.2 Å². The SMILES string of the molecule is CC1=CC[C@@H]2C(=O)N(c3ccc(C(=O)Nc4cccc(C)c4)cc3)C(=O)[C@@H]2C1. The van der Waals surface area contributed by atoms with Gasteiger partial charge in [-0.1, -0.05) is 23.8 Å². The Labute approximate surface area is 164 Å². The third kappa shape index (κ3) is 3.24. The van der Waals surface area contributed by atoms with Crippen molar-refractivity contribution in [2.45, 2.75) is 26.7 Å². The maximum atomic E-state index is 12.8. The summed E-state index contributed by atoms with van der Waals surface area (Å²) in [5.41, 5.74) is 3.94. The van der Waals surface area contributed by atoms with E-state index in [0.29, 0.717) is 24.1 Å². The van der Waals surface area contributed by atoms with Crippen molar-refractivity contribution in [3.8, 4) is 0 Å². The Hall–Kier alpha value is -3.21. The third-order valence-corrected chi connectivity index (χ3v) is 5.49. The van der Waals surface area contributed by atoms with Crippen LogP contribution in [-0.2, 0) is 9.59 Å². The van der Waals surface area contributed by atoms with Crippen molar-refractivity contribution >= 4 is 29.1 Å². The number of amides is 3. The van der Waals surface area contributed by atoms with E-state index < -0.39 is 0 Å². The highest BCUT2D eigenvalue weighted by atomic mass is 16.2. The molecule has 2 aromatic carbocycles. The fourth-order valence-corrected chi connectivity index (χ4v) is 3.98. The highest BCUT2D eigenvalue weighted by Gasteiger charge is 2.48. The molecule has 142 valence electrons. The fourth-order valence-electron chi connectivity index (χ4n) is 3.98. The molecular weight excluding hydrogens is 352 g/mol. The van der Waals surface area contributed by atoms with Crippen LogP contribution in [0.15, 0.2) is 60.2 Å². The second kappa shape index (κ2) is 7.08. The number of imide groups is 1. The van der Waals surface area contributed by atoms with Gasteiger partial charge in [-0.25, -0.2) is 0 Å². The maximum absolute atomic E-state index is 12.8. The standard InChI is InChI=1S/C23H22N2O3/c1-14-4-3-5-17(12-14)24-21(26)16-7-9-18(10-8-16)25-22(27)19-11-6-15(2)13-20(19)23(25)28/h3-10,12,19-20H,11,13H2,1-2H3,(H,24,26)/t19-,20+/m0/s1. The molecule has 5 heteroatoms. The predicted octanol–water partition coefficient (Wildman–Crippen LogP) is 4.09. The highest BCUT2D eigenvalue weighted by molar-refractivity contribution is 6.22. The summed E-state index contributed by atoms with van der Waals surface area (Å²) in [5.74, 6) is -1.04. The number of allylic oxidation sites excluding steroid dienone is 2. The summed E-state index contributed by atoms with van der Waals surface area (Å²) in [6.45, 7) is 3.96. The second-order valence-electron chi connectivity index (χ2n) is 7.59. The number of anilines is 2. The minimum absolute atomic E-state index is 0.139. The molecule has 3 amide bonds. The van der Waals surface area contributed by atoms with E-state index in [0.717, 1.165) is 16.8 Å². The Morgan fingerprint density at radius 1 is 1.00 bits per heavy atom. The van der Waals surface area contributed by atoms with E-state index >= 15 is 0 Å². The van der Waals surface area contributed by atoms with Gasteiger partial charge in [0.15, 0.2) is 0 Å². The molecule has 4 rings (SSSR count). The monoisotopic (exact) mass is 374 g/mol. The van der Waals surface area contributed by atoms with Gasteiger partial charge in [-0.05, 0) is 68.7 Å². The first-order valence-corrected chi connectivity index (χ1v) is 9.45. The van der Waals surface area contributed by atoms with Gasteiger partial charge in [0.1, 0.15) is 0 Å². The van der Waals surface area contributed by atoms with Crippen LogP contribution in [0.3, 0.4) is 0 Å². The van der Waals surface area contributed by atoms with Gasteiger partial charge in [0.05, 0.1) is 17.5 Å². The number of aryl methyl sites for hydroxylation is 1. The fraction of sp³-hybridized carbons (Fsp3) is 0.261. The summed E-state index contributed by atoms with van der Waals surface area (Å²) < 4.78 is 0. The molecular formula is C23H22N2O3. The number of fused-ring (bicyclic) bond motifs is 1. The smallest absolute Gasteiger partial charge is 0.255 e. The zero-order valence-electron chi connectivity index (χ0n) is 15.9. The molecule has 1 saturated heterocycles. The number of hydrogen-bond acceptors (Lipinski definition) is 3. The first kappa shape index (κ1) is 18.2. The molecule has 0 saturated carbocycles. The molecule has 0 unspecified atom stereocenters. The van der Waals surface area contributed by atoms with Gasteiger partial charge in [0.2, 0.25) is 11.8 Å².